The molecular formula is C29H31ClFN3O3. The van der Waals surface area contributed by atoms with Gasteiger partial charge in [0.25, 0.3) is 5.91 Å². The average Bonchev–Trinajstić information content (AvgIpc) is 2.93. The van der Waals surface area contributed by atoms with Gasteiger partial charge in [0.2, 0.25) is 5.91 Å². The number of aryl methyl sites for hydroxylation is 1. The van der Waals surface area contributed by atoms with Crippen molar-refractivity contribution in [3.8, 4) is 11.5 Å². The van der Waals surface area contributed by atoms with Gasteiger partial charge in [0.15, 0.2) is 0 Å². The fraction of sp³-hybridized carbons (Fsp3) is 0.310. The maximum absolute atomic E-state index is 14.0. The quantitative estimate of drug-likeness (QED) is 0.399. The average molecular weight is 524 g/mol. The number of hydrogen-bond donors (Lipinski definition) is 1. The number of hydrogen-bond acceptors (Lipinski definition) is 4. The van der Waals surface area contributed by atoms with Crippen LogP contribution in [0.15, 0.2) is 72.8 Å². The first-order chi connectivity index (χ1) is 17.9. The van der Waals surface area contributed by atoms with Crippen LogP contribution in [0.25, 0.3) is 0 Å². The molecule has 6 nitrogen and oxygen atoms in total. The Bertz CT molecular complexity index is 1220. The molecule has 1 aliphatic heterocycles. The van der Waals surface area contributed by atoms with Crippen LogP contribution >= 0.6 is 11.6 Å². The van der Waals surface area contributed by atoms with Crippen LogP contribution in [0, 0.1) is 12.7 Å². The summed E-state index contributed by atoms with van der Waals surface area (Å²) in [5, 5.41) is 3.41. The van der Waals surface area contributed by atoms with Gasteiger partial charge < -0.3 is 15.0 Å². The number of nitrogens with one attached hydrogen (secondary N) is 1. The number of benzene rings is 3. The lowest BCUT2D eigenvalue weighted by atomic mass is 10.00. The molecule has 0 aromatic heterocycles. The highest BCUT2D eigenvalue weighted by atomic mass is 35.5. The summed E-state index contributed by atoms with van der Waals surface area (Å²) >= 11 is 6.07. The first kappa shape index (κ1) is 26.6. The van der Waals surface area contributed by atoms with Gasteiger partial charge in [-0.25, -0.2) is 4.39 Å². The summed E-state index contributed by atoms with van der Waals surface area (Å²) < 4.78 is 19.8. The van der Waals surface area contributed by atoms with E-state index in [0.717, 1.165) is 12.0 Å². The third-order valence-electron chi connectivity index (χ3n) is 6.53. The van der Waals surface area contributed by atoms with Crippen LogP contribution in [0.5, 0.6) is 11.5 Å². The normalized spacial score (nSPS) is 16.2. The van der Waals surface area contributed by atoms with E-state index < -0.39 is 17.8 Å². The molecule has 8 heteroatoms. The van der Waals surface area contributed by atoms with Gasteiger partial charge in [0.05, 0.1) is 0 Å². The maximum atomic E-state index is 14.0. The van der Waals surface area contributed by atoms with Crippen molar-refractivity contribution in [2.45, 2.75) is 32.4 Å². The van der Waals surface area contributed by atoms with Crippen LogP contribution in [0.4, 0.5) is 10.1 Å². The molecule has 37 heavy (non-hydrogen) atoms. The van der Waals surface area contributed by atoms with Crippen molar-refractivity contribution in [2.24, 2.45) is 0 Å². The van der Waals surface area contributed by atoms with Gasteiger partial charge in [-0.1, -0.05) is 37.3 Å². The zero-order valence-corrected chi connectivity index (χ0v) is 21.7. The van der Waals surface area contributed by atoms with Gasteiger partial charge in [-0.05, 0) is 66.9 Å². The van der Waals surface area contributed by atoms with E-state index in [-0.39, 0.29) is 17.8 Å². The van der Waals surface area contributed by atoms with E-state index in [2.05, 4.69) is 12.2 Å². The zero-order valence-electron chi connectivity index (χ0n) is 21.0. The van der Waals surface area contributed by atoms with Crippen LogP contribution in [0.2, 0.25) is 0 Å². The van der Waals surface area contributed by atoms with E-state index in [4.69, 9.17) is 16.3 Å². The third kappa shape index (κ3) is 6.29. The summed E-state index contributed by atoms with van der Waals surface area (Å²) in [7, 11) is 0. The predicted molar refractivity (Wildman–Crippen MR) is 144 cm³/mol. The van der Waals surface area contributed by atoms with E-state index in [0.29, 0.717) is 42.4 Å². The van der Waals surface area contributed by atoms with Crippen molar-refractivity contribution in [2.75, 3.05) is 30.4 Å². The first-order valence-electron chi connectivity index (χ1n) is 12.4. The molecule has 0 spiro atoms. The molecule has 1 aliphatic rings. The third-order valence-corrected chi connectivity index (χ3v) is 6.76. The molecule has 1 N–H and O–H groups in total. The number of nitrogens with zero attached hydrogens (tertiary/aromatic N) is 2. The van der Waals surface area contributed by atoms with E-state index in [9.17, 15) is 14.0 Å². The molecule has 1 fully saturated rings. The second-order valence-electron chi connectivity index (χ2n) is 9.06. The lowest BCUT2D eigenvalue weighted by molar-refractivity contribution is -0.135. The van der Waals surface area contributed by atoms with E-state index in [1.807, 2.05) is 43.3 Å². The predicted octanol–water partition coefficient (Wildman–Crippen LogP) is 5.45. The Kier molecular flexibility index (Phi) is 8.79. The Morgan fingerprint density at radius 1 is 1.11 bits per heavy atom. The van der Waals surface area contributed by atoms with Crippen LogP contribution in [-0.4, -0.2) is 48.3 Å². The summed E-state index contributed by atoms with van der Waals surface area (Å²) in [5.74, 6) is -0.0984. The van der Waals surface area contributed by atoms with E-state index in [1.165, 1.54) is 17.0 Å². The van der Waals surface area contributed by atoms with Crippen LogP contribution in [0.1, 0.15) is 30.5 Å². The largest absolute Gasteiger partial charge is 0.457 e. The second kappa shape index (κ2) is 12.2. The molecule has 0 aliphatic carbocycles. The van der Waals surface area contributed by atoms with Crippen molar-refractivity contribution >= 4 is 29.1 Å². The molecular weight excluding hydrogens is 493 g/mol. The Morgan fingerprint density at radius 3 is 2.49 bits per heavy atom. The smallest absolute Gasteiger partial charge is 0.250 e. The fourth-order valence-electron chi connectivity index (χ4n) is 4.59. The van der Waals surface area contributed by atoms with E-state index in [1.54, 1.807) is 29.2 Å². The SMILES string of the molecule is CC[C@H]1CN(C(=O)[C@H](c2ccc(F)cc2)N(C(=O)CCl)c2ccc(Oc3ccccc3)cc2C)CCN1. The number of para-hydroxylation sites is 1. The van der Waals surface area contributed by atoms with Gasteiger partial charge in [-0.15, -0.1) is 11.6 Å². The van der Waals surface area contributed by atoms with E-state index >= 15 is 0 Å². The highest BCUT2D eigenvalue weighted by Gasteiger charge is 2.37. The van der Waals surface area contributed by atoms with Crippen molar-refractivity contribution in [3.05, 3.63) is 89.7 Å². The minimum Gasteiger partial charge on any atom is -0.457 e. The summed E-state index contributed by atoms with van der Waals surface area (Å²) in [6.45, 7) is 5.62. The lowest BCUT2D eigenvalue weighted by Crippen LogP contribution is -2.55. The van der Waals surface area contributed by atoms with Crippen LogP contribution < -0.4 is 15.0 Å². The molecule has 1 heterocycles. The van der Waals surface area contributed by atoms with Crippen LogP contribution in [0.3, 0.4) is 0 Å². The Morgan fingerprint density at radius 2 is 1.84 bits per heavy atom. The minimum absolute atomic E-state index is 0.167. The van der Waals surface area contributed by atoms with Gasteiger partial charge in [0, 0.05) is 31.4 Å². The number of rotatable bonds is 8. The Balaban J connectivity index is 1.74. The topological polar surface area (TPSA) is 61.9 Å². The minimum atomic E-state index is -0.998. The van der Waals surface area contributed by atoms with Gasteiger partial charge in [0.1, 0.15) is 29.2 Å². The highest BCUT2D eigenvalue weighted by molar-refractivity contribution is 6.30. The molecule has 2 amide bonds. The molecule has 0 bridgehead atoms. The van der Waals surface area contributed by atoms with Gasteiger partial charge in [-0.3, -0.25) is 14.5 Å². The Labute approximate surface area is 222 Å². The molecule has 194 valence electrons. The molecule has 0 radical (unpaired) electrons. The number of carbonyl (C=O) groups is 2. The summed E-state index contributed by atoms with van der Waals surface area (Å²) in [6, 6.07) is 19.6. The number of amides is 2. The summed E-state index contributed by atoms with van der Waals surface area (Å²) in [4.78, 5) is 30.6. The van der Waals surface area contributed by atoms with Crippen molar-refractivity contribution < 1.29 is 18.7 Å². The monoisotopic (exact) mass is 523 g/mol. The van der Waals surface area contributed by atoms with Gasteiger partial charge in [-0.2, -0.15) is 0 Å². The molecule has 3 aromatic rings. The number of anilines is 1. The number of alkyl halides is 1. The van der Waals surface area contributed by atoms with Gasteiger partial charge >= 0.3 is 0 Å². The van der Waals surface area contributed by atoms with Crippen molar-refractivity contribution in [1.29, 1.82) is 0 Å². The molecule has 2 atom stereocenters. The number of halogens is 2. The highest BCUT2D eigenvalue weighted by Crippen LogP contribution is 2.35. The lowest BCUT2D eigenvalue weighted by Gasteiger charge is -2.39. The molecule has 0 unspecified atom stereocenters. The molecule has 4 rings (SSSR count). The second-order valence-corrected chi connectivity index (χ2v) is 9.33. The molecule has 0 saturated carbocycles. The number of ether oxygens (including phenoxy) is 1. The molecule has 1 saturated heterocycles. The first-order valence-corrected chi connectivity index (χ1v) is 12.9. The number of carbonyl (C=O) groups excluding carboxylic acids is 2. The van der Waals surface area contributed by atoms with Crippen molar-refractivity contribution in [1.82, 2.24) is 10.2 Å². The molecule has 3 aromatic carbocycles. The van der Waals surface area contributed by atoms with Crippen LogP contribution in [-0.2, 0) is 9.59 Å². The fourth-order valence-corrected chi connectivity index (χ4v) is 4.72. The summed E-state index contributed by atoms with van der Waals surface area (Å²) in [6.07, 6.45) is 0.872. The standard InChI is InChI=1S/C29H31ClFN3O3/c1-3-23-19-33(16-15-32-23)29(36)28(21-9-11-22(31)12-10-21)34(27(35)18-30)26-14-13-25(17-20(26)2)37-24-7-5-4-6-8-24/h4-14,17,23,28,32H,3,15-16,18-19H2,1-2H3/t23-,28-/m0/s1. The van der Waals surface area contributed by atoms with Crippen molar-refractivity contribution in [3.63, 3.8) is 0 Å². The number of piperazine rings is 1. The maximum Gasteiger partial charge on any atom is 0.250 e. The zero-order chi connectivity index (χ0) is 26.4. The Hall–Kier alpha value is -3.42. The summed E-state index contributed by atoms with van der Waals surface area (Å²) in [5.41, 5.74) is 1.79.